The molecule has 0 aromatic heterocycles. The molecule has 0 aliphatic carbocycles. The Balaban J connectivity index is 0. The minimum atomic E-state index is 0. The van der Waals surface area contributed by atoms with Crippen molar-refractivity contribution in [2.75, 3.05) is 0 Å². The molecule has 0 N–H and O–H groups in total. The molecule has 4 heavy (non-hydrogen) atoms. The Hall–Kier alpha value is 0.582. The van der Waals surface area contributed by atoms with Crippen molar-refractivity contribution in [3.05, 3.63) is 7.43 Å². The maximum atomic E-state index is 0. The van der Waals surface area contributed by atoms with Crippen molar-refractivity contribution in [1.82, 2.24) is 0 Å². The number of rotatable bonds is 0. The van der Waals surface area contributed by atoms with Gasteiger partial charge < -0.3 is 7.43 Å². The van der Waals surface area contributed by atoms with Crippen LogP contribution in [0.1, 0.15) is 0 Å². The van der Waals surface area contributed by atoms with Crippen LogP contribution in [0.15, 0.2) is 0 Å². The molecule has 6 radical (unpaired) electrons. The monoisotopic (exact) mass is 151 g/mol. The molecule has 0 heterocycles. The van der Waals surface area contributed by atoms with E-state index < -0.39 is 0 Å². The van der Waals surface area contributed by atoms with E-state index in [-0.39, 0.29) is 38.8 Å². The van der Waals surface area contributed by atoms with Gasteiger partial charge in [-0.25, -0.2) is 0 Å². The average Bonchev–Trinajstić information content (AvgIpc) is 0. The summed E-state index contributed by atoms with van der Waals surface area (Å²) in [6.45, 7) is 0. The summed E-state index contributed by atoms with van der Waals surface area (Å²) in [5, 5.41) is 0. The molecule has 0 rings (SSSR count). The summed E-state index contributed by atoms with van der Waals surface area (Å²) in [5.74, 6) is 0. The average molecular weight is 151 g/mol. The third kappa shape index (κ3) is 19.1. The molecule has 0 amide bonds. The molecule has 0 bridgehead atoms. The SMILES string of the molecule is [CH-].[O].[O].[Pd]. The predicted octanol–water partition coefficient (Wildman–Crippen LogP) is -0.0358. The van der Waals surface area contributed by atoms with Crippen molar-refractivity contribution in [2.45, 2.75) is 0 Å². The number of hydrogen-bond donors (Lipinski definition) is 0. The second-order valence-electron chi connectivity index (χ2n) is 0. The van der Waals surface area contributed by atoms with Gasteiger partial charge >= 0.3 is 0 Å². The molecule has 0 atom stereocenters. The maximum Gasteiger partial charge on any atom is 0 e. The van der Waals surface area contributed by atoms with Gasteiger partial charge in [0.1, 0.15) is 0 Å². The zero-order valence-electron chi connectivity index (χ0n) is 1.71. The minimum absolute atomic E-state index is 0. The van der Waals surface area contributed by atoms with Crippen molar-refractivity contribution < 1.29 is 31.4 Å². The Labute approximate surface area is 39.5 Å². The summed E-state index contributed by atoms with van der Waals surface area (Å²) in [6, 6.07) is 0. The van der Waals surface area contributed by atoms with E-state index in [0.29, 0.717) is 0 Å². The summed E-state index contributed by atoms with van der Waals surface area (Å²) < 4.78 is 0. The first kappa shape index (κ1) is 173. The molecule has 0 saturated heterocycles. The van der Waals surface area contributed by atoms with Gasteiger partial charge in [-0.15, -0.1) is 0 Å². The Bertz CT molecular complexity index is 6.00. The van der Waals surface area contributed by atoms with Gasteiger partial charge in [0.15, 0.2) is 0 Å². The third-order valence-corrected chi connectivity index (χ3v) is 0. The first-order valence-electron chi connectivity index (χ1n) is 0. The van der Waals surface area contributed by atoms with Crippen LogP contribution >= 0.6 is 0 Å². The zero-order valence-corrected chi connectivity index (χ0v) is 3.26. The van der Waals surface area contributed by atoms with Crippen LogP contribution in [0.4, 0.5) is 0 Å². The number of hydrogen-bond acceptors (Lipinski definition) is 0. The van der Waals surface area contributed by atoms with E-state index >= 15 is 0 Å². The van der Waals surface area contributed by atoms with Crippen molar-refractivity contribution >= 4 is 0 Å². The summed E-state index contributed by atoms with van der Waals surface area (Å²) in [7, 11) is 0. The van der Waals surface area contributed by atoms with Crippen LogP contribution in [-0.2, 0) is 31.4 Å². The second-order valence-corrected chi connectivity index (χ2v) is 0. The van der Waals surface area contributed by atoms with Gasteiger partial charge in [0.2, 0.25) is 0 Å². The fourth-order valence-electron chi connectivity index (χ4n) is 0. The molecule has 0 aromatic carbocycles. The van der Waals surface area contributed by atoms with Crippen LogP contribution in [0.25, 0.3) is 0 Å². The third-order valence-electron chi connectivity index (χ3n) is 0. The largest absolute Gasteiger partial charge is 0.726 e. The Kier molecular flexibility index (Phi) is 3050. The van der Waals surface area contributed by atoms with Gasteiger partial charge in [-0.05, 0) is 0 Å². The standard InChI is InChI=1S/CH.2O.Pd/h1H;;;/q-1;;;. The van der Waals surface area contributed by atoms with E-state index in [1.807, 2.05) is 0 Å². The molecule has 0 spiro atoms. The van der Waals surface area contributed by atoms with E-state index in [9.17, 15) is 0 Å². The van der Waals surface area contributed by atoms with Crippen LogP contribution in [0.3, 0.4) is 0 Å². The Morgan fingerprint density at radius 2 is 0.750 bits per heavy atom. The van der Waals surface area contributed by atoms with Crippen LogP contribution in [-0.4, -0.2) is 0 Å². The maximum absolute atomic E-state index is 0. The van der Waals surface area contributed by atoms with Gasteiger partial charge in [-0.1, -0.05) is 0 Å². The molecular formula is CHO2Pd-. The molecule has 28 valence electrons. The molecule has 0 aliphatic rings. The molecule has 0 aromatic rings. The van der Waals surface area contributed by atoms with Gasteiger partial charge in [0.25, 0.3) is 0 Å². The van der Waals surface area contributed by atoms with Crippen LogP contribution in [0, 0.1) is 7.43 Å². The first-order chi connectivity index (χ1) is 0. The predicted molar refractivity (Wildman–Crippen MR) is 5.67 cm³/mol. The van der Waals surface area contributed by atoms with E-state index in [1.54, 1.807) is 0 Å². The quantitative estimate of drug-likeness (QED) is 0.345. The molecular weight excluding hydrogens is 150 g/mol. The van der Waals surface area contributed by atoms with E-state index in [4.69, 9.17) is 0 Å². The topological polar surface area (TPSA) is 57.0 Å². The van der Waals surface area contributed by atoms with Crippen molar-refractivity contribution in [3.63, 3.8) is 0 Å². The van der Waals surface area contributed by atoms with Crippen LogP contribution in [0.5, 0.6) is 0 Å². The Morgan fingerprint density at radius 3 is 0.750 bits per heavy atom. The van der Waals surface area contributed by atoms with Crippen LogP contribution in [0.2, 0.25) is 0 Å². The fourth-order valence-corrected chi connectivity index (χ4v) is 0. The molecule has 2 nitrogen and oxygen atoms in total. The fraction of sp³-hybridized carbons (Fsp3) is 0. The minimum Gasteiger partial charge on any atom is -0.726 e. The van der Waals surface area contributed by atoms with Crippen molar-refractivity contribution in [2.24, 2.45) is 0 Å². The van der Waals surface area contributed by atoms with Gasteiger partial charge in [-0.3, -0.25) is 0 Å². The first-order valence-corrected chi connectivity index (χ1v) is 0. The van der Waals surface area contributed by atoms with E-state index in [2.05, 4.69) is 0 Å². The normalized spacial score (nSPS) is 0. The zero-order chi connectivity index (χ0) is 0. The summed E-state index contributed by atoms with van der Waals surface area (Å²) in [5.41, 5.74) is 0. The molecule has 3 heteroatoms. The van der Waals surface area contributed by atoms with Crippen molar-refractivity contribution in [1.29, 1.82) is 0 Å². The van der Waals surface area contributed by atoms with Crippen molar-refractivity contribution in [3.8, 4) is 0 Å². The van der Waals surface area contributed by atoms with Gasteiger partial charge in [0, 0.05) is 31.4 Å². The second kappa shape index (κ2) is 70.4. The molecule has 0 aliphatic heterocycles. The summed E-state index contributed by atoms with van der Waals surface area (Å²) in [6.07, 6.45) is 0. The smallest absolute Gasteiger partial charge is 0 e. The van der Waals surface area contributed by atoms with E-state index in [1.165, 1.54) is 0 Å². The summed E-state index contributed by atoms with van der Waals surface area (Å²) in [4.78, 5) is 0. The Morgan fingerprint density at radius 1 is 0.750 bits per heavy atom. The van der Waals surface area contributed by atoms with Gasteiger partial charge in [-0.2, -0.15) is 0 Å². The van der Waals surface area contributed by atoms with Gasteiger partial charge in [0.05, 0.1) is 0 Å². The molecule has 0 unspecified atom stereocenters. The van der Waals surface area contributed by atoms with Crippen LogP contribution < -0.4 is 0 Å². The van der Waals surface area contributed by atoms with E-state index in [0.717, 1.165) is 0 Å². The molecule has 0 fully saturated rings. The summed E-state index contributed by atoms with van der Waals surface area (Å²) >= 11 is 0. The molecule has 0 saturated carbocycles.